The molecule has 1 saturated heterocycles. The van der Waals surface area contributed by atoms with Crippen LogP contribution in [0.4, 0.5) is 23.2 Å². The monoisotopic (exact) mass is 874 g/mol. The summed E-state index contributed by atoms with van der Waals surface area (Å²) in [5, 5.41) is 5.99. The summed E-state index contributed by atoms with van der Waals surface area (Å²) in [6.07, 6.45) is 2.37. The van der Waals surface area contributed by atoms with Crippen LogP contribution in [0.2, 0.25) is 0 Å². The molecule has 62 heavy (non-hydrogen) atoms. The van der Waals surface area contributed by atoms with Gasteiger partial charge in [-0.15, -0.1) is 0 Å². The third-order valence-electron chi connectivity index (χ3n) is 12.0. The highest BCUT2D eigenvalue weighted by atomic mass is 32.2. The summed E-state index contributed by atoms with van der Waals surface area (Å²) in [4.78, 5) is 53.9. The minimum absolute atomic E-state index is 0.0416. The standard InChI is InChI=1S/C44H42F4N6O7S/c45-28-16-18-29(19-17-28)49-33-10-5-3-1-2-4-8-27-23-43(27,42(57)53-62(58,59)31-20-21-31)52-39(55)34-22-30(24-54(34)41(33)56)60-40-37-36(32-9-6-7-11-35(32)61-37)50-38(51-40)25-12-14-26(15-13-25)44(46,47)48/h4,6-9,11-19,27,30-31,33-34,49H,1-3,5,10,20-24H2,(H,52,55)(H,53,57)/b8-4-/t27-,30-,33+,34+,43-/m1/s1. The van der Waals surface area contributed by atoms with Crippen molar-refractivity contribution in [3.05, 3.63) is 96.3 Å². The van der Waals surface area contributed by atoms with E-state index in [1.54, 1.807) is 24.3 Å². The number of allylic oxidation sites excluding steroid dienone is 1. The molecule has 9 rings (SSSR count). The number of hydrogen-bond acceptors (Lipinski definition) is 10. The summed E-state index contributed by atoms with van der Waals surface area (Å²) in [6, 6.07) is 14.8. The second kappa shape index (κ2) is 16.0. The predicted octanol–water partition coefficient (Wildman–Crippen LogP) is 7.03. The number of halogens is 4. The predicted molar refractivity (Wildman–Crippen MR) is 219 cm³/mol. The number of anilines is 1. The van der Waals surface area contributed by atoms with Crippen LogP contribution in [0.25, 0.3) is 33.5 Å². The van der Waals surface area contributed by atoms with Gasteiger partial charge in [-0.2, -0.15) is 18.2 Å². The van der Waals surface area contributed by atoms with Gasteiger partial charge in [0.1, 0.15) is 40.6 Å². The first kappa shape index (κ1) is 41.3. The maximum absolute atomic E-state index is 14.8. The normalized spacial score (nSPS) is 25.3. The van der Waals surface area contributed by atoms with Crippen molar-refractivity contribution in [2.24, 2.45) is 5.92 Å². The van der Waals surface area contributed by atoms with Crippen LogP contribution in [0.3, 0.4) is 0 Å². The zero-order valence-corrected chi connectivity index (χ0v) is 34.0. The Morgan fingerprint density at radius 1 is 0.952 bits per heavy atom. The lowest BCUT2D eigenvalue weighted by atomic mass is 10.0. The van der Waals surface area contributed by atoms with Gasteiger partial charge < -0.3 is 24.7 Å². The molecule has 324 valence electrons. The number of fused-ring (bicyclic) bond motifs is 5. The molecule has 3 amide bonds. The number of aromatic nitrogens is 2. The maximum atomic E-state index is 14.8. The van der Waals surface area contributed by atoms with E-state index in [1.165, 1.54) is 41.3 Å². The number of rotatable bonds is 8. The van der Waals surface area contributed by atoms with Crippen molar-refractivity contribution in [1.82, 2.24) is 24.9 Å². The molecule has 0 spiro atoms. The van der Waals surface area contributed by atoms with Gasteiger partial charge >= 0.3 is 6.18 Å². The number of nitrogens with zero attached hydrogens (tertiary/aromatic N) is 3. The zero-order chi connectivity index (χ0) is 43.4. The van der Waals surface area contributed by atoms with E-state index < -0.39 is 80.2 Å². The highest BCUT2D eigenvalue weighted by molar-refractivity contribution is 7.91. The zero-order valence-electron chi connectivity index (χ0n) is 33.2. The second-order valence-corrected chi connectivity index (χ2v) is 18.4. The highest BCUT2D eigenvalue weighted by Crippen LogP contribution is 2.46. The highest BCUT2D eigenvalue weighted by Gasteiger charge is 2.62. The van der Waals surface area contributed by atoms with Crippen LogP contribution in [0.5, 0.6) is 5.88 Å². The van der Waals surface area contributed by atoms with Crippen LogP contribution in [-0.2, 0) is 30.6 Å². The number of ether oxygens (including phenoxy) is 1. The van der Waals surface area contributed by atoms with E-state index in [0.29, 0.717) is 54.3 Å². The second-order valence-electron chi connectivity index (χ2n) is 16.4. The van der Waals surface area contributed by atoms with Gasteiger partial charge in [-0.25, -0.2) is 17.8 Å². The van der Waals surface area contributed by atoms with E-state index in [9.17, 15) is 40.4 Å². The molecule has 5 atom stereocenters. The van der Waals surface area contributed by atoms with Gasteiger partial charge in [-0.1, -0.05) is 49.3 Å². The number of carbonyl (C=O) groups excluding carboxylic acids is 3. The van der Waals surface area contributed by atoms with Crippen molar-refractivity contribution >= 4 is 55.5 Å². The van der Waals surface area contributed by atoms with Crippen LogP contribution in [0, 0.1) is 11.7 Å². The fraction of sp³-hybridized carbons (Fsp3) is 0.386. The van der Waals surface area contributed by atoms with E-state index in [-0.39, 0.29) is 42.2 Å². The first-order valence-corrected chi connectivity index (χ1v) is 22.1. The summed E-state index contributed by atoms with van der Waals surface area (Å²) in [5.41, 5.74) is -0.789. The first-order valence-electron chi connectivity index (χ1n) is 20.6. The van der Waals surface area contributed by atoms with Gasteiger partial charge in [0.2, 0.25) is 27.4 Å². The molecule has 3 N–H and O–H groups in total. The Morgan fingerprint density at radius 3 is 2.45 bits per heavy atom. The first-order chi connectivity index (χ1) is 29.7. The molecule has 0 bridgehead atoms. The topological polar surface area (TPSA) is 173 Å². The molecule has 4 heterocycles. The summed E-state index contributed by atoms with van der Waals surface area (Å²) >= 11 is 0. The number of carbonyl (C=O) groups is 3. The van der Waals surface area contributed by atoms with Crippen molar-refractivity contribution in [3.8, 4) is 17.3 Å². The van der Waals surface area contributed by atoms with Gasteiger partial charge in [0.15, 0.2) is 5.82 Å². The molecule has 3 fully saturated rings. The number of sulfonamides is 1. The number of benzene rings is 3. The van der Waals surface area contributed by atoms with Crippen molar-refractivity contribution in [2.75, 3.05) is 11.9 Å². The molecule has 13 nitrogen and oxygen atoms in total. The lowest BCUT2D eigenvalue weighted by Gasteiger charge is -2.30. The van der Waals surface area contributed by atoms with E-state index in [4.69, 9.17) is 9.15 Å². The summed E-state index contributed by atoms with van der Waals surface area (Å²) < 4.78 is 95.1. The number of para-hydroxylation sites is 1. The molecule has 2 aromatic heterocycles. The molecular weight excluding hydrogens is 833 g/mol. The van der Waals surface area contributed by atoms with Gasteiger partial charge in [0.05, 0.1) is 17.4 Å². The maximum Gasteiger partial charge on any atom is 0.416 e. The third-order valence-corrected chi connectivity index (χ3v) is 13.8. The minimum Gasteiger partial charge on any atom is -0.470 e. The fourth-order valence-corrected chi connectivity index (χ4v) is 9.70. The lowest BCUT2D eigenvalue weighted by Crippen LogP contribution is -2.57. The average Bonchev–Trinajstić information content (AvgIpc) is 4.15. The van der Waals surface area contributed by atoms with Crippen LogP contribution in [-0.4, -0.2) is 76.5 Å². The van der Waals surface area contributed by atoms with E-state index in [0.717, 1.165) is 25.0 Å². The Morgan fingerprint density at radius 2 is 1.71 bits per heavy atom. The molecular formula is C44H42F4N6O7S. The average molecular weight is 875 g/mol. The molecule has 18 heteroatoms. The van der Waals surface area contributed by atoms with E-state index in [2.05, 4.69) is 25.3 Å². The third kappa shape index (κ3) is 8.31. The molecule has 2 aliphatic heterocycles. The van der Waals surface area contributed by atoms with Gasteiger partial charge in [0, 0.05) is 29.0 Å². The number of nitrogens with one attached hydrogen (secondary N) is 3. The Labute approximate surface area is 353 Å². The number of alkyl halides is 3. The van der Waals surface area contributed by atoms with Crippen molar-refractivity contribution in [2.45, 2.75) is 92.9 Å². The fourth-order valence-electron chi connectivity index (χ4n) is 8.34. The molecule has 2 aliphatic carbocycles. The molecule has 2 saturated carbocycles. The summed E-state index contributed by atoms with van der Waals surface area (Å²) in [7, 11) is -3.96. The molecule has 0 unspecified atom stereocenters. The molecule has 0 radical (unpaired) electrons. The molecule has 4 aliphatic rings. The number of amides is 3. The Kier molecular flexibility index (Phi) is 10.7. The Bertz CT molecular complexity index is 2690. The summed E-state index contributed by atoms with van der Waals surface area (Å²) in [5.74, 6) is -2.99. The minimum atomic E-state index is -4.56. The SMILES string of the molecule is O=C1N[C@]2(C(=O)NS(=O)(=O)C3CC3)C[C@H]2/C=C\CCCCC[C@H](Nc2ccc(F)cc2)C(=O)N2C[C@H](Oc3nc(-c4ccc(C(F)(F)F)cc4)nc4c3oc3ccccc34)C[C@@H]12. The van der Waals surface area contributed by atoms with Crippen molar-refractivity contribution in [3.63, 3.8) is 0 Å². The van der Waals surface area contributed by atoms with E-state index in [1.807, 2.05) is 12.2 Å². The summed E-state index contributed by atoms with van der Waals surface area (Å²) in [6.45, 7) is -0.140. The smallest absolute Gasteiger partial charge is 0.416 e. The number of hydrogen-bond donors (Lipinski definition) is 3. The Hall–Kier alpha value is -6.04. The van der Waals surface area contributed by atoms with Crippen LogP contribution >= 0.6 is 0 Å². The van der Waals surface area contributed by atoms with E-state index >= 15 is 0 Å². The van der Waals surface area contributed by atoms with Crippen molar-refractivity contribution in [1.29, 1.82) is 0 Å². The van der Waals surface area contributed by atoms with Crippen LogP contribution in [0.15, 0.2) is 89.4 Å². The Balaban J connectivity index is 1.07. The van der Waals surface area contributed by atoms with Gasteiger partial charge in [0.25, 0.3) is 11.8 Å². The van der Waals surface area contributed by atoms with Crippen molar-refractivity contribution < 1.29 is 49.5 Å². The lowest BCUT2D eigenvalue weighted by molar-refractivity contribution is -0.140. The van der Waals surface area contributed by atoms with Gasteiger partial charge in [-0.3, -0.25) is 19.1 Å². The quantitative estimate of drug-likeness (QED) is 0.109. The van der Waals surface area contributed by atoms with Crippen LogP contribution in [0.1, 0.15) is 63.4 Å². The largest absolute Gasteiger partial charge is 0.470 e. The molecule has 5 aromatic rings. The molecule has 3 aromatic carbocycles. The number of furan rings is 1. The van der Waals surface area contributed by atoms with Crippen LogP contribution < -0.4 is 20.1 Å². The van der Waals surface area contributed by atoms with Gasteiger partial charge in [-0.05, 0) is 87.1 Å².